The molecule has 0 bridgehead atoms. The maximum Gasteiger partial charge on any atom is 0.128 e. The van der Waals surface area contributed by atoms with Crippen molar-refractivity contribution in [1.29, 1.82) is 0 Å². The summed E-state index contributed by atoms with van der Waals surface area (Å²) in [6, 6.07) is 6.42. The average molecular weight is 281 g/mol. The summed E-state index contributed by atoms with van der Waals surface area (Å²) in [5.74, 6) is -0.337. The van der Waals surface area contributed by atoms with E-state index in [-0.39, 0.29) is 17.5 Å². The summed E-state index contributed by atoms with van der Waals surface area (Å²) in [6.07, 6.45) is -0.0363. The lowest BCUT2D eigenvalue weighted by molar-refractivity contribution is -0.130. The second-order valence-electron chi connectivity index (χ2n) is 6.25. The monoisotopic (exact) mass is 281 g/mol. The van der Waals surface area contributed by atoms with Crippen molar-refractivity contribution in [3.05, 3.63) is 35.6 Å². The summed E-state index contributed by atoms with van der Waals surface area (Å²) in [5, 5.41) is 10.1. The minimum atomic E-state index is -0.752. The Morgan fingerprint density at radius 2 is 2.15 bits per heavy atom. The number of ether oxygens (including phenoxy) is 1. The molecule has 0 radical (unpaired) electrons. The number of hydrogen-bond donors (Lipinski definition) is 1. The molecule has 0 aromatic heterocycles. The Labute approximate surface area is 120 Å². The molecule has 0 aliphatic carbocycles. The van der Waals surface area contributed by atoms with Crippen molar-refractivity contribution >= 4 is 0 Å². The molecule has 1 aromatic rings. The van der Waals surface area contributed by atoms with Gasteiger partial charge in [-0.2, -0.15) is 0 Å². The molecule has 2 rings (SSSR count). The van der Waals surface area contributed by atoms with Crippen LogP contribution in [0.25, 0.3) is 0 Å². The van der Waals surface area contributed by atoms with Crippen LogP contribution in [-0.4, -0.2) is 41.3 Å². The van der Waals surface area contributed by atoms with Crippen molar-refractivity contribution in [3.63, 3.8) is 0 Å². The predicted octanol–water partition coefficient (Wildman–Crippen LogP) is 2.75. The summed E-state index contributed by atoms with van der Waals surface area (Å²) in [4.78, 5) is 2.28. The van der Waals surface area contributed by atoms with E-state index in [1.807, 2.05) is 0 Å². The van der Waals surface area contributed by atoms with Crippen LogP contribution in [0, 0.1) is 5.82 Å². The van der Waals surface area contributed by atoms with Crippen molar-refractivity contribution in [2.75, 3.05) is 19.6 Å². The van der Waals surface area contributed by atoms with E-state index in [0.29, 0.717) is 12.0 Å². The fourth-order valence-corrected chi connectivity index (χ4v) is 2.96. The maximum absolute atomic E-state index is 13.6. The Balaban J connectivity index is 1.90. The van der Waals surface area contributed by atoms with Crippen LogP contribution in [0.1, 0.15) is 38.9 Å². The van der Waals surface area contributed by atoms with Gasteiger partial charge in [0.15, 0.2) is 0 Å². The van der Waals surface area contributed by atoms with E-state index in [2.05, 4.69) is 25.7 Å². The Hall–Kier alpha value is -0.970. The van der Waals surface area contributed by atoms with Crippen molar-refractivity contribution < 1.29 is 14.2 Å². The van der Waals surface area contributed by atoms with Gasteiger partial charge in [0.1, 0.15) is 5.82 Å². The molecule has 112 valence electrons. The van der Waals surface area contributed by atoms with Crippen LogP contribution in [0.5, 0.6) is 0 Å². The molecule has 1 saturated heterocycles. The standard InChI is InChI=1S/C16H24FNO2/c1-12-10-18(11-16(2,3)20-12)9-8-15(19)13-6-4-5-7-14(13)17/h4-7,12,15,19H,8-11H2,1-3H3. The zero-order chi connectivity index (χ0) is 14.8. The van der Waals surface area contributed by atoms with Gasteiger partial charge in [0.2, 0.25) is 0 Å². The molecule has 0 saturated carbocycles. The molecule has 2 atom stereocenters. The number of aliphatic hydroxyl groups excluding tert-OH is 1. The highest BCUT2D eigenvalue weighted by Gasteiger charge is 2.31. The molecule has 1 aliphatic rings. The first-order valence-corrected chi connectivity index (χ1v) is 7.20. The fraction of sp³-hybridized carbons (Fsp3) is 0.625. The van der Waals surface area contributed by atoms with Gasteiger partial charge in [0.05, 0.1) is 17.8 Å². The van der Waals surface area contributed by atoms with E-state index in [1.54, 1.807) is 18.2 Å². The van der Waals surface area contributed by atoms with Gasteiger partial charge in [-0.3, -0.25) is 4.90 Å². The van der Waals surface area contributed by atoms with Crippen LogP contribution in [0.4, 0.5) is 4.39 Å². The van der Waals surface area contributed by atoms with Gasteiger partial charge in [-0.05, 0) is 33.3 Å². The minimum Gasteiger partial charge on any atom is -0.388 e. The molecular formula is C16H24FNO2. The largest absolute Gasteiger partial charge is 0.388 e. The molecule has 1 fully saturated rings. The van der Waals surface area contributed by atoms with E-state index in [4.69, 9.17) is 4.74 Å². The number of nitrogens with zero attached hydrogens (tertiary/aromatic N) is 1. The minimum absolute atomic E-state index is 0.166. The van der Waals surface area contributed by atoms with Crippen molar-refractivity contribution in [1.82, 2.24) is 4.90 Å². The Morgan fingerprint density at radius 1 is 1.45 bits per heavy atom. The van der Waals surface area contributed by atoms with Gasteiger partial charge >= 0.3 is 0 Å². The van der Waals surface area contributed by atoms with Crippen molar-refractivity contribution in [2.24, 2.45) is 0 Å². The van der Waals surface area contributed by atoms with Gasteiger partial charge in [0.25, 0.3) is 0 Å². The third kappa shape index (κ3) is 4.01. The summed E-state index contributed by atoms with van der Waals surface area (Å²) in [6.45, 7) is 8.63. The highest BCUT2D eigenvalue weighted by Crippen LogP contribution is 2.24. The molecule has 3 nitrogen and oxygen atoms in total. The topological polar surface area (TPSA) is 32.7 Å². The molecule has 1 aliphatic heterocycles. The van der Waals surface area contributed by atoms with Crippen LogP contribution < -0.4 is 0 Å². The predicted molar refractivity (Wildman–Crippen MR) is 77.0 cm³/mol. The Kier molecular flexibility index (Phi) is 4.78. The molecule has 2 unspecified atom stereocenters. The van der Waals surface area contributed by atoms with E-state index in [1.165, 1.54) is 6.07 Å². The van der Waals surface area contributed by atoms with E-state index in [9.17, 15) is 9.50 Å². The zero-order valence-corrected chi connectivity index (χ0v) is 12.5. The Bertz CT molecular complexity index is 450. The second kappa shape index (κ2) is 6.20. The lowest BCUT2D eigenvalue weighted by Gasteiger charge is -2.42. The molecular weight excluding hydrogens is 257 g/mol. The van der Waals surface area contributed by atoms with Crippen molar-refractivity contribution in [3.8, 4) is 0 Å². The number of aliphatic hydroxyl groups is 1. The van der Waals surface area contributed by atoms with Gasteiger partial charge in [0, 0.05) is 25.2 Å². The van der Waals surface area contributed by atoms with Crippen LogP contribution in [0.3, 0.4) is 0 Å². The number of morpholine rings is 1. The summed E-state index contributed by atoms with van der Waals surface area (Å²) in [7, 11) is 0. The smallest absolute Gasteiger partial charge is 0.128 e. The average Bonchev–Trinajstić information content (AvgIpc) is 2.34. The molecule has 4 heteroatoms. The maximum atomic E-state index is 13.6. The normalized spacial score (nSPS) is 24.6. The van der Waals surface area contributed by atoms with Crippen molar-refractivity contribution in [2.45, 2.75) is 45.0 Å². The first-order chi connectivity index (χ1) is 9.37. The lowest BCUT2D eigenvalue weighted by atomic mass is 10.0. The third-order valence-corrected chi connectivity index (χ3v) is 3.62. The molecule has 1 N–H and O–H groups in total. The second-order valence-corrected chi connectivity index (χ2v) is 6.25. The van der Waals surface area contributed by atoms with Gasteiger partial charge in [-0.15, -0.1) is 0 Å². The zero-order valence-electron chi connectivity index (χ0n) is 12.5. The first-order valence-electron chi connectivity index (χ1n) is 7.20. The van der Waals surface area contributed by atoms with Gasteiger partial charge < -0.3 is 9.84 Å². The quantitative estimate of drug-likeness (QED) is 0.921. The highest BCUT2D eigenvalue weighted by atomic mass is 19.1. The summed E-state index contributed by atoms with van der Waals surface area (Å²) < 4.78 is 19.4. The van der Waals surface area contributed by atoms with E-state index < -0.39 is 6.10 Å². The van der Waals surface area contributed by atoms with Crippen LogP contribution in [-0.2, 0) is 4.74 Å². The van der Waals surface area contributed by atoms with E-state index in [0.717, 1.165) is 19.6 Å². The molecule has 1 heterocycles. The number of rotatable bonds is 4. The summed E-state index contributed by atoms with van der Waals surface area (Å²) in [5.41, 5.74) is 0.216. The lowest BCUT2D eigenvalue weighted by Crippen LogP contribution is -2.52. The molecule has 0 amide bonds. The molecule has 20 heavy (non-hydrogen) atoms. The van der Waals surface area contributed by atoms with E-state index >= 15 is 0 Å². The van der Waals surface area contributed by atoms with Crippen LogP contribution in [0.15, 0.2) is 24.3 Å². The SMILES string of the molecule is CC1CN(CCC(O)c2ccccc2F)CC(C)(C)O1. The molecule has 0 spiro atoms. The van der Waals surface area contributed by atoms with Crippen LogP contribution >= 0.6 is 0 Å². The number of halogens is 1. The third-order valence-electron chi connectivity index (χ3n) is 3.62. The fourth-order valence-electron chi connectivity index (χ4n) is 2.96. The van der Waals surface area contributed by atoms with Gasteiger partial charge in [-0.25, -0.2) is 4.39 Å². The number of benzene rings is 1. The first kappa shape index (κ1) is 15.4. The number of hydrogen-bond acceptors (Lipinski definition) is 3. The Morgan fingerprint density at radius 3 is 2.80 bits per heavy atom. The summed E-state index contributed by atoms with van der Waals surface area (Å²) >= 11 is 0. The van der Waals surface area contributed by atoms with Gasteiger partial charge in [-0.1, -0.05) is 18.2 Å². The molecule has 1 aromatic carbocycles. The van der Waals surface area contributed by atoms with Crippen LogP contribution in [0.2, 0.25) is 0 Å². The highest BCUT2D eigenvalue weighted by molar-refractivity contribution is 5.19.